The molecular formula is C17H23N3O2S. The average molecular weight is 333 g/mol. The van der Waals surface area contributed by atoms with Crippen LogP contribution < -0.4 is 10.0 Å². The lowest BCUT2D eigenvalue weighted by molar-refractivity contribution is 0.599. The summed E-state index contributed by atoms with van der Waals surface area (Å²) in [5.74, 6) is 0.460. The van der Waals surface area contributed by atoms with Gasteiger partial charge in [-0.1, -0.05) is 37.3 Å². The highest BCUT2D eigenvalue weighted by Gasteiger charge is 2.09. The van der Waals surface area contributed by atoms with E-state index in [4.69, 9.17) is 0 Å². The first-order valence-electron chi connectivity index (χ1n) is 7.83. The number of aromatic nitrogens is 1. The van der Waals surface area contributed by atoms with Crippen LogP contribution in [0.4, 0.5) is 11.5 Å². The number of nitrogens with one attached hydrogen (secondary N) is 2. The molecule has 2 rings (SSSR count). The normalized spacial score (nSPS) is 11.2. The van der Waals surface area contributed by atoms with Crippen molar-refractivity contribution in [1.82, 2.24) is 4.98 Å². The lowest BCUT2D eigenvalue weighted by atomic mass is 10.1. The van der Waals surface area contributed by atoms with E-state index in [-0.39, 0.29) is 5.75 Å². The van der Waals surface area contributed by atoms with E-state index in [1.807, 2.05) is 31.2 Å². The zero-order valence-electron chi connectivity index (χ0n) is 13.3. The van der Waals surface area contributed by atoms with Crippen molar-refractivity contribution in [1.29, 1.82) is 0 Å². The maximum absolute atomic E-state index is 11.7. The Balaban J connectivity index is 1.77. The number of benzene rings is 1. The number of pyridine rings is 1. The van der Waals surface area contributed by atoms with Crippen molar-refractivity contribution in [3.05, 3.63) is 54.2 Å². The zero-order chi connectivity index (χ0) is 16.5. The van der Waals surface area contributed by atoms with Crippen LogP contribution in [0.15, 0.2) is 48.7 Å². The summed E-state index contributed by atoms with van der Waals surface area (Å²) in [6.07, 6.45) is 4.27. The zero-order valence-corrected chi connectivity index (χ0v) is 14.1. The van der Waals surface area contributed by atoms with Crippen molar-refractivity contribution in [3.8, 4) is 0 Å². The Morgan fingerprint density at radius 1 is 1.09 bits per heavy atom. The second-order valence-corrected chi connectivity index (χ2v) is 7.21. The van der Waals surface area contributed by atoms with Crippen molar-refractivity contribution in [2.75, 3.05) is 22.3 Å². The van der Waals surface area contributed by atoms with Crippen LogP contribution in [0.1, 0.15) is 25.3 Å². The topological polar surface area (TPSA) is 71.1 Å². The van der Waals surface area contributed by atoms with Gasteiger partial charge in [0.2, 0.25) is 10.0 Å². The molecule has 1 aromatic heterocycles. The fourth-order valence-corrected chi connectivity index (χ4v) is 3.29. The van der Waals surface area contributed by atoms with Gasteiger partial charge in [0, 0.05) is 6.54 Å². The molecule has 0 bridgehead atoms. The van der Waals surface area contributed by atoms with E-state index in [1.54, 1.807) is 12.3 Å². The minimum absolute atomic E-state index is 0.105. The van der Waals surface area contributed by atoms with Gasteiger partial charge in [-0.2, -0.15) is 0 Å². The van der Waals surface area contributed by atoms with Gasteiger partial charge in [0.05, 0.1) is 17.6 Å². The lowest BCUT2D eigenvalue weighted by Gasteiger charge is -2.09. The number of sulfonamides is 1. The van der Waals surface area contributed by atoms with Gasteiger partial charge in [0.1, 0.15) is 5.82 Å². The number of aryl methyl sites for hydroxylation is 1. The minimum Gasteiger partial charge on any atom is -0.384 e. The molecule has 0 fully saturated rings. The molecule has 5 nitrogen and oxygen atoms in total. The predicted octanol–water partition coefficient (Wildman–Crippen LogP) is 3.28. The standard InChI is InChI=1S/C17H23N3O2S/c1-2-13-23(21,22)20-17-11-10-16(14-19-17)18-12-6-9-15-7-4-3-5-8-15/h3-5,7-8,10-11,14,18H,2,6,9,12-13H2,1H3,(H,19,20). The van der Waals surface area contributed by atoms with Gasteiger partial charge in [-0.05, 0) is 37.0 Å². The smallest absolute Gasteiger partial charge is 0.233 e. The molecule has 0 radical (unpaired) electrons. The summed E-state index contributed by atoms with van der Waals surface area (Å²) in [4.78, 5) is 4.13. The van der Waals surface area contributed by atoms with Gasteiger partial charge >= 0.3 is 0 Å². The maximum atomic E-state index is 11.7. The summed E-state index contributed by atoms with van der Waals surface area (Å²) in [5.41, 5.74) is 2.21. The van der Waals surface area contributed by atoms with E-state index in [9.17, 15) is 8.42 Å². The predicted molar refractivity (Wildman–Crippen MR) is 95.2 cm³/mol. The third-order valence-electron chi connectivity index (χ3n) is 3.31. The van der Waals surface area contributed by atoms with Gasteiger partial charge in [0.15, 0.2) is 0 Å². The molecule has 0 spiro atoms. The monoisotopic (exact) mass is 333 g/mol. The Kier molecular flexibility index (Phi) is 6.40. The molecule has 0 amide bonds. The number of nitrogens with zero attached hydrogens (tertiary/aromatic N) is 1. The van der Waals surface area contributed by atoms with Gasteiger partial charge < -0.3 is 5.32 Å². The molecule has 1 heterocycles. The van der Waals surface area contributed by atoms with E-state index in [0.29, 0.717) is 12.2 Å². The molecular weight excluding hydrogens is 310 g/mol. The first kappa shape index (κ1) is 17.3. The molecule has 1 aromatic carbocycles. The SMILES string of the molecule is CCCS(=O)(=O)Nc1ccc(NCCCc2ccccc2)cn1. The highest BCUT2D eigenvalue weighted by atomic mass is 32.2. The number of hydrogen-bond acceptors (Lipinski definition) is 4. The highest BCUT2D eigenvalue weighted by molar-refractivity contribution is 7.92. The largest absolute Gasteiger partial charge is 0.384 e. The molecule has 2 N–H and O–H groups in total. The van der Waals surface area contributed by atoms with Crippen molar-refractivity contribution in [3.63, 3.8) is 0 Å². The third kappa shape index (κ3) is 6.28. The Morgan fingerprint density at radius 3 is 2.52 bits per heavy atom. The molecule has 0 saturated heterocycles. The highest BCUT2D eigenvalue weighted by Crippen LogP contribution is 2.12. The Hall–Kier alpha value is -2.08. The average Bonchev–Trinajstić information content (AvgIpc) is 2.54. The van der Waals surface area contributed by atoms with Crippen molar-refractivity contribution < 1.29 is 8.42 Å². The molecule has 2 aromatic rings. The number of hydrogen-bond donors (Lipinski definition) is 2. The summed E-state index contributed by atoms with van der Waals surface area (Å²) in [7, 11) is -3.28. The van der Waals surface area contributed by atoms with Gasteiger partial charge in [-0.25, -0.2) is 13.4 Å². The van der Waals surface area contributed by atoms with Gasteiger partial charge in [0.25, 0.3) is 0 Å². The molecule has 23 heavy (non-hydrogen) atoms. The van der Waals surface area contributed by atoms with E-state index >= 15 is 0 Å². The van der Waals surface area contributed by atoms with Crippen LogP contribution in [-0.2, 0) is 16.4 Å². The lowest BCUT2D eigenvalue weighted by Crippen LogP contribution is -2.16. The second kappa shape index (κ2) is 8.53. The van der Waals surface area contributed by atoms with Crippen molar-refractivity contribution in [2.45, 2.75) is 26.2 Å². The summed E-state index contributed by atoms with van der Waals surface area (Å²) in [6, 6.07) is 13.9. The second-order valence-electron chi connectivity index (χ2n) is 5.37. The van der Waals surface area contributed by atoms with Crippen LogP contribution in [0, 0.1) is 0 Å². The number of anilines is 2. The number of rotatable bonds is 9. The summed E-state index contributed by atoms with van der Waals surface area (Å²) in [5, 5.41) is 3.29. The van der Waals surface area contributed by atoms with Crippen molar-refractivity contribution >= 4 is 21.5 Å². The molecule has 6 heteroatoms. The minimum atomic E-state index is -3.28. The molecule has 0 saturated carbocycles. The van der Waals surface area contributed by atoms with E-state index in [1.165, 1.54) is 5.56 Å². The van der Waals surface area contributed by atoms with Gasteiger partial charge in [-0.3, -0.25) is 4.72 Å². The van der Waals surface area contributed by atoms with Crippen LogP contribution in [0.2, 0.25) is 0 Å². The summed E-state index contributed by atoms with van der Waals surface area (Å²) in [6.45, 7) is 2.67. The first-order valence-corrected chi connectivity index (χ1v) is 9.48. The quantitative estimate of drug-likeness (QED) is 0.691. The van der Waals surface area contributed by atoms with Crippen LogP contribution in [-0.4, -0.2) is 25.7 Å². The molecule has 0 aliphatic heterocycles. The van der Waals surface area contributed by atoms with E-state index in [2.05, 4.69) is 27.2 Å². The van der Waals surface area contributed by atoms with Crippen LogP contribution in [0.25, 0.3) is 0 Å². The molecule has 0 aliphatic carbocycles. The van der Waals surface area contributed by atoms with E-state index < -0.39 is 10.0 Å². The summed E-state index contributed by atoms with van der Waals surface area (Å²) < 4.78 is 25.8. The van der Waals surface area contributed by atoms with Crippen LogP contribution >= 0.6 is 0 Å². The molecule has 0 aliphatic rings. The first-order chi connectivity index (χ1) is 11.1. The van der Waals surface area contributed by atoms with Crippen molar-refractivity contribution in [2.24, 2.45) is 0 Å². The molecule has 124 valence electrons. The van der Waals surface area contributed by atoms with Crippen LogP contribution in [0.5, 0.6) is 0 Å². The Morgan fingerprint density at radius 2 is 1.87 bits per heavy atom. The fourth-order valence-electron chi connectivity index (χ4n) is 2.21. The van der Waals surface area contributed by atoms with Gasteiger partial charge in [-0.15, -0.1) is 0 Å². The molecule has 0 atom stereocenters. The summed E-state index contributed by atoms with van der Waals surface area (Å²) >= 11 is 0. The third-order valence-corrected chi connectivity index (χ3v) is 4.78. The Bertz CT molecular complexity index is 686. The van der Waals surface area contributed by atoms with E-state index in [0.717, 1.165) is 25.1 Å². The maximum Gasteiger partial charge on any atom is 0.233 e. The Labute approximate surface area is 138 Å². The molecule has 0 unspecified atom stereocenters. The fraction of sp³-hybridized carbons (Fsp3) is 0.353. The van der Waals surface area contributed by atoms with Crippen LogP contribution in [0.3, 0.4) is 0 Å².